The zero-order valence-electron chi connectivity index (χ0n) is 20.4. The van der Waals surface area contributed by atoms with E-state index in [-0.39, 0.29) is 31.5 Å². The van der Waals surface area contributed by atoms with Gasteiger partial charge in [0.25, 0.3) is 5.91 Å². The van der Waals surface area contributed by atoms with Crippen LogP contribution in [0.4, 0.5) is 0 Å². The highest BCUT2D eigenvalue weighted by Crippen LogP contribution is 2.18. The van der Waals surface area contributed by atoms with Crippen molar-refractivity contribution in [2.24, 2.45) is 0 Å². The molecule has 4 aromatic rings. The molecule has 4 rings (SSSR count). The van der Waals surface area contributed by atoms with Gasteiger partial charge in [-0.25, -0.2) is 0 Å². The SMILES string of the molecule is O=C(NCc1ccccc1Cl)[C@@H](Cc1ccccc1)N(Cc1ccccc1)C(=O)COc1ccccc1. The lowest BCUT2D eigenvalue weighted by molar-refractivity contribution is -0.142. The van der Waals surface area contributed by atoms with E-state index in [4.69, 9.17) is 16.3 Å². The van der Waals surface area contributed by atoms with E-state index in [9.17, 15) is 9.59 Å². The summed E-state index contributed by atoms with van der Waals surface area (Å²) in [5, 5.41) is 3.58. The molecule has 0 aromatic heterocycles. The second-order valence-corrected chi connectivity index (χ2v) is 9.03. The van der Waals surface area contributed by atoms with Crippen molar-refractivity contribution in [3.63, 3.8) is 0 Å². The molecule has 4 aromatic carbocycles. The fraction of sp³-hybridized carbons (Fsp3) is 0.161. The largest absolute Gasteiger partial charge is 0.484 e. The minimum absolute atomic E-state index is 0.181. The van der Waals surface area contributed by atoms with Gasteiger partial charge in [-0.05, 0) is 34.9 Å². The molecule has 188 valence electrons. The molecule has 1 atom stereocenters. The van der Waals surface area contributed by atoms with Crippen LogP contribution in [0, 0.1) is 0 Å². The lowest BCUT2D eigenvalue weighted by atomic mass is 10.0. The number of benzene rings is 4. The summed E-state index contributed by atoms with van der Waals surface area (Å²) in [4.78, 5) is 28.8. The van der Waals surface area contributed by atoms with Gasteiger partial charge in [-0.3, -0.25) is 9.59 Å². The first-order valence-corrected chi connectivity index (χ1v) is 12.5. The second-order valence-electron chi connectivity index (χ2n) is 8.62. The number of nitrogens with one attached hydrogen (secondary N) is 1. The molecule has 0 heterocycles. The van der Waals surface area contributed by atoms with Gasteiger partial charge >= 0.3 is 0 Å². The average Bonchev–Trinajstić information content (AvgIpc) is 2.94. The van der Waals surface area contributed by atoms with Crippen LogP contribution in [-0.2, 0) is 29.1 Å². The molecular formula is C31H29ClN2O3. The van der Waals surface area contributed by atoms with E-state index in [0.29, 0.717) is 17.2 Å². The first-order chi connectivity index (χ1) is 18.1. The first kappa shape index (κ1) is 26.0. The maximum Gasteiger partial charge on any atom is 0.261 e. The maximum absolute atomic E-state index is 13.7. The van der Waals surface area contributed by atoms with Crippen molar-refractivity contribution in [2.75, 3.05) is 6.61 Å². The van der Waals surface area contributed by atoms with Gasteiger partial charge in [-0.2, -0.15) is 0 Å². The van der Waals surface area contributed by atoms with Crippen molar-refractivity contribution in [1.82, 2.24) is 10.2 Å². The maximum atomic E-state index is 13.7. The standard InChI is InChI=1S/C31H29ClN2O3/c32-28-19-11-10-16-26(28)21-33-31(36)29(20-24-12-4-1-5-13-24)34(22-25-14-6-2-7-15-25)30(35)23-37-27-17-8-3-9-18-27/h1-19,29H,20-23H2,(H,33,36)/t29-/m1/s1. The minimum Gasteiger partial charge on any atom is -0.484 e. The van der Waals surface area contributed by atoms with E-state index in [1.807, 2.05) is 97.1 Å². The number of nitrogens with zero attached hydrogens (tertiary/aromatic N) is 1. The lowest BCUT2D eigenvalue weighted by Gasteiger charge is -2.31. The van der Waals surface area contributed by atoms with Gasteiger partial charge in [0.15, 0.2) is 6.61 Å². The van der Waals surface area contributed by atoms with E-state index in [1.54, 1.807) is 23.1 Å². The van der Waals surface area contributed by atoms with Crippen LogP contribution in [0.1, 0.15) is 16.7 Å². The van der Waals surface area contributed by atoms with Crippen molar-refractivity contribution >= 4 is 23.4 Å². The zero-order valence-corrected chi connectivity index (χ0v) is 21.2. The highest BCUT2D eigenvalue weighted by atomic mass is 35.5. The van der Waals surface area contributed by atoms with Crippen LogP contribution >= 0.6 is 11.6 Å². The number of halogens is 1. The molecule has 0 aliphatic carbocycles. The van der Waals surface area contributed by atoms with Gasteiger partial charge in [0.05, 0.1) is 0 Å². The summed E-state index contributed by atoms with van der Waals surface area (Å²) in [6, 6.07) is 35.2. The van der Waals surface area contributed by atoms with Crippen LogP contribution in [0.2, 0.25) is 5.02 Å². The van der Waals surface area contributed by atoms with E-state index >= 15 is 0 Å². The zero-order chi connectivity index (χ0) is 25.9. The quantitative estimate of drug-likeness (QED) is 0.281. The Bertz CT molecular complexity index is 1280. The number of hydrogen-bond donors (Lipinski definition) is 1. The molecule has 1 N–H and O–H groups in total. The predicted molar refractivity (Wildman–Crippen MR) is 146 cm³/mol. The predicted octanol–water partition coefficient (Wildman–Crippen LogP) is 5.68. The summed E-state index contributed by atoms with van der Waals surface area (Å²) in [7, 11) is 0. The molecule has 0 spiro atoms. The van der Waals surface area contributed by atoms with Crippen molar-refractivity contribution < 1.29 is 14.3 Å². The second kappa shape index (κ2) is 13.3. The molecule has 0 saturated heterocycles. The van der Waals surface area contributed by atoms with Crippen LogP contribution in [0.3, 0.4) is 0 Å². The topological polar surface area (TPSA) is 58.6 Å². The lowest BCUT2D eigenvalue weighted by Crippen LogP contribution is -2.51. The molecule has 0 bridgehead atoms. The number of carbonyl (C=O) groups excluding carboxylic acids is 2. The minimum atomic E-state index is -0.753. The molecule has 0 aliphatic heterocycles. The Morgan fingerprint density at radius 2 is 1.32 bits per heavy atom. The summed E-state index contributed by atoms with van der Waals surface area (Å²) in [6.07, 6.45) is 0.360. The summed E-state index contributed by atoms with van der Waals surface area (Å²) in [5.74, 6) is 0.0626. The number of hydrogen-bond acceptors (Lipinski definition) is 3. The van der Waals surface area contributed by atoms with E-state index in [0.717, 1.165) is 16.7 Å². The third-order valence-electron chi connectivity index (χ3n) is 5.98. The van der Waals surface area contributed by atoms with Crippen LogP contribution in [0.25, 0.3) is 0 Å². The van der Waals surface area contributed by atoms with Gasteiger partial charge < -0.3 is 15.0 Å². The Balaban J connectivity index is 1.60. The fourth-order valence-corrected chi connectivity index (χ4v) is 4.22. The summed E-state index contributed by atoms with van der Waals surface area (Å²) in [5.41, 5.74) is 2.69. The summed E-state index contributed by atoms with van der Waals surface area (Å²) < 4.78 is 5.77. The van der Waals surface area contributed by atoms with Crippen LogP contribution in [-0.4, -0.2) is 29.4 Å². The molecule has 0 aliphatic rings. The average molecular weight is 513 g/mol. The fourth-order valence-electron chi connectivity index (χ4n) is 4.02. The third-order valence-corrected chi connectivity index (χ3v) is 6.35. The summed E-state index contributed by atoms with van der Waals surface area (Å²) in [6.45, 7) is 0.354. The smallest absolute Gasteiger partial charge is 0.261 e. The van der Waals surface area contributed by atoms with Crippen molar-refractivity contribution in [1.29, 1.82) is 0 Å². The van der Waals surface area contributed by atoms with Crippen molar-refractivity contribution in [3.8, 4) is 5.75 Å². The van der Waals surface area contributed by atoms with E-state index in [1.165, 1.54) is 0 Å². The van der Waals surface area contributed by atoms with Gasteiger partial charge in [0, 0.05) is 24.5 Å². The first-order valence-electron chi connectivity index (χ1n) is 12.2. The number of para-hydroxylation sites is 1. The summed E-state index contributed by atoms with van der Waals surface area (Å²) >= 11 is 6.30. The molecule has 2 amide bonds. The number of ether oxygens (including phenoxy) is 1. The van der Waals surface area contributed by atoms with Crippen LogP contribution in [0.15, 0.2) is 115 Å². The van der Waals surface area contributed by atoms with Gasteiger partial charge in [0.1, 0.15) is 11.8 Å². The Morgan fingerprint density at radius 3 is 1.97 bits per heavy atom. The molecule has 5 nitrogen and oxygen atoms in total. The highest BCUT2D eigenvalue weighted by molar-refractivity contribution is 6.31. The van der Waals surface area contributed by atoms with E-state index in [2.05, 4.69) is 5.32 Å². The monoisotopic (exact) mass is 512 g/mol. The molecule has 0 radical (unpaired) electrons. The number of rotatable bonds is 11. The third kappa shape index (κ3) is 7.69. The van der Waals surface area contributed by atoms with Crippen molar-refractivity contribution in [2.45, 2.75) is 25.6 Å². The van der Waals surface area contributed by atoms with Crippen LogP contribution < -0.4 is 10.1 Å². The van der Waals surface area contributed by atoms with Crippen molar-refractivity contribution in [3.05, 3.63) is 137 Å². The van der Waals surface area contributed by atoms with Gasteiger partial charge in [-0.1, -0.05) is 109 Å². The molecular weight excluding hydrogens is 484 g/mol. The van der Waals surface area contributed by atoms with Crippen LogP contribution in [0.5, 0.6) is 5.75 Å². The molecule has 6 heteroatoms. The highest BCUT2D eigenvalue weighted by Gasteiger charge is 2.30. The number of amides is 2. The van der Waals surface area contributed by atoms with Gasteiger partial charge in [-0.15, -0.1) is 0 Å². The molecule has 0 fully saturated rings. The molecule has 0 unspecified atom stereocenters. The Morgan fingerprint density at radius 1 is 0.757 bits per heavy atom. The Labute approximate surface area is 222 Å². The van der Waals surface area contributed by atoms with E-state index < -0.39 is 6.04 Å². The normalized spacial score (nSPS) is 11.4. The van der Waals surface area contributed by atoms with Gasteiger partial charge in [0.2, 0.25) is 5.91 Å². The number of carbonyl (C=O) groups is 2. The molecule has 0 saturated carbocycles. The Kier molecular flexibility index (Phi) is 9.33. The Hall–Kier alpha value is -4.09. The molecule has 37 heavy (non-hydrogen) atoms.